The fourth-order valence-electron chi connectivity index (χ4n) is 7.28. The van der Waals surface area contributed by atoms with Crippen molar-refractivity contribution in [3.63, 3.8) is 0 Å². The van der Waals surface area contributed by atoms with Crippen molar-refractivity contribution in [1.82, 2.24) is 0 Å². The van der Waals surface area contributed by atoms with E-state index in [2.05, 4.69) is 71.6 Å². The number of nitrogens with zero attached hydrogens (tertiary/aromatic N) is 2. The van der Waals surface area contributed by atoms with Crippen LogP contribution in [0.4, 0.5) is 11.4 Å². The summed E-state index contributed by atoms with van der Waals surface area (Å²) in [7, 11) is 0. The van der Waals surface area contributed by atoms with Crippen LogP contribution in [0.3, 0.4) is 0 Å². The van der Waals surface area contributed by atoms with Crippen LogP contribution in [0.1, 0.15) is 35.6 Å². The van der Waals surface area contributed by atoms with Crippen LogP contribution < -0.4 is 4.90 Å². The number of para-hydroxylation sites is 1. The maximum Gasteiger partial charge on any atom is 0.346 e. The molecule has 1 aliphatic heterocycles. The quantitative estimate of drug-likeness (QED) is 0.167. The van der Waals surface area contributed by atoms with Gasteiger partial charge in [-0.3, -0.25) is 0 Å². The molecule has 0 saturated heterocycles. The van der Waals surface area contributed by atoms with Gasteiger partial charge in [-0.15, -0.1) is 34.0 Å². The zero-order valence-electron chi connectivity index (χ0n) is 21.4. The van der Waals surface area contributed by atoms with Crippen molar-refractivity contribution in [2.75, 3.05) is 4.90 Å². The third-order valence-electron chi connectivity index (χ3n) is 8.85. The van der Waals surface area contributed by atoms with Crippen LogP contribution in [0.15, 0.2) is 78.4 Å². The molecule has 4 nitrogen and oxygen atoms in total. The first kappa shape index (κ1) is 24.1. The van der Waals surface area contributed by atoms with E-state index in [1.807, 2.05) is 17.4 Å². The highest BCUT2D eigenvalue weighted by atomic mass is 32.1. The van der Waals surface area contributed by atoms with Gasteiger partial charge in [-0.2, -0.15) is 5.26 Å². The molecule has 2 bridgehead atoms. The van der Waals surface area contributed by atoms with Gasteiger partial charge in [-0.05, 0) is 96.8 Å². The van der Waals surface area contributed by atoms with Gasteiger partial charge in [0.1, 0.15) is 11.6 Å². The molecule has 2 fully saturated rings. The SMILES string of the molecule is N#C/C(=C\c1cc2sc(-c3ccc(-c4ccc5c(c4)C4C6CCC(C6)C4N5c4ccccc4)s3)cc2s1)C(=O)O. The molecule has 40 heavy (non-hydrogen) atoms. The molecule has 0 spiro atoms. The smallest absolute Gasteiger partial charge is 0.346 e. The number of hydrogen-bond donors (Lipinski definition) is 1. The Kier molecular flexibility index (Phi) is 5.53. The van der Waals surface area contributed by atoms with E-state index in [4.69, 9.17) is 10.4 Å². The second-order valence-corrected chi connectivity index (χ2v) is 14.2. The Labute approximate surface area is 244 Å². The van der Waals surface area contributed by atoms with Crippen LogP contribution in [0, 0.1) is 23.2 Å². The number of fused-ring (bicyclic) bond motifs is 8. The number of carboxylic acid groups (broad SMARTS) is 1. The Morgan fingerprint density at radius 3 is 2.50 bits per heavy atom. The number of anilines is 2. The number of aliphatic carboxylic acids is 1. The zero-order chi connectivity index (χ0) is 27.0. The molecule has 1 N–H and O–H groups in total. The van der Waals surface area contributed by atoms with E-state index in [1.165, 1.54) is 73.8 Å². The first-order valence-corrected chi connectivity index (χ1v) is 16.0. The molecule has 5 aromatic rings. The Morgan fingerprint density at radius 2 is 1.70 bits per heavy atom. The highest BCUT2D eigenvalue weighted by molar-refractivity contribution is 7.31. The van der Waals surface area contributed by atoms with E-state index >= 15 is 0 Å². The van der Waals surface area contributed by atoms with Crippen molar-refractivity contribution >= 4 is 66.8 Å². The van der Waals surface area contributed by atoms with Gasteiger partial charge in [0.25, 0.3) is 0 Å². The van der Waals surface area contributed by atoms with E-state index in [-0.39, 0.29) is 5.57 Å². The van der Waals surface area contributed by atoms with Gasteiger partial charge in [-0.25, -0.2) is 4.79 Å². The van der Waals surface area contributed by atoms with Gasteiger partial charge >= 0.3 is 5.97 Å². The van der Waals surface area contributed by atoms with E-state index in [0.29, 0.717) is 12.0 Å². The number of carboxylic acids is 1. The van der Waals surface area contributed by atoms with E-state index in [0.717, 1.165) is 26.1 Å². The van der Waals surface area contributed by atoms with Crippen LogP contribution in [0.25, 0.3) is 35.7 Å². The summed E-state index contributed by atoms with van der Waals surface area (Å²) in [6.07, 6.45) is 5.55. The number of carbonyl (C=O) groups is 1. The Balaban J connectivity index is 1.12. The Hall–Kier alpha value is -3.70. The normalized spacial score (nSPS) is 23.0. The lowest BCUT2D eigenvalue weighted by atomic mass is 9.82. The number of nitriles is 1. The fourth-order valence-corrected chi connectivity index (χ4v) is 10.7. The fraction of sp³-hybridized carbons (Fsp3) is 0.212. The molecule has 196 valence electrons. The molecule has 2 aromatic carbocycles. The summed E-state index contributed by atoms with van der Waals surface area (Å²) in [6, 6.07) is 29.1. The first-order valence-electron chi connectivity index (χ1n) is 13.5. The van der Waals surface area contributed by atoms with Crippen LogP contribution in [0.5, 0.6) is 0 Å². The minimum absolute atomic E-state index is 0.241. The minimum Gasteiger partial charge on any atom is -0.477 e. The van der Waals surface area contributed by atoms with Gasteiger partial charge in [-0.1, -0.05) is 24.3 Å². The Morgan fingerprint density at radius 1 is 0.900 bits per heavy atom. The lowest BCUT2D eigenvalue weighted by molar-refractivity contribution is -0.132. The molecule has 8 rings (SSSR count). The average molecular weight is 577 g/mol. The molecule has 3 aromatic heterocycles. The predicted octanol–water partition coefficient (Wildman–Crippen LogP) is 9.38. The molecule has 4 heterocycles. The number of benzene rings is 2. The van der Waals surface area contributed by atoms with Crippen molar-refractivity contribution in [2.45, 2.75) is 31.2 Å². The lowest BCUT2D eigenvalue weighted by Gasteiger charge is -2.33. The van der Waals surface area contributed by atoms with Crippen molar-refractivity contribution in [2.24, 2.45) is 11.8 Å². The van der Waals surface area contributed by atoms with Crippen LogP contribution in [0.2, 0.25) is 0 Å². The second-order valence-electron chi connectivity index (χ2n) is 11.0. The van der Waals surface area contributed by atoms with Crippen molar-refractivity contribution in [3.8, 4) is 26.3 Å². The average Bonchev–Trinajstić information content (AvgIpc) is 3.80. The molecule has 4 atom stereocenters. The summed E-state index contributed by atoms with van der Waals surface area (Å²) in [5.74, 6) is 1.03. The summed E-state index contributed by atoms with van der Waals surface area (Å²) in [4.78, 5) is 18.4. The standard InChI is InChI=1S/C33H24N2O2S3/c34-17-21(33(36)37)13-23-15-28-30(38-23)16-29(40-28)27-11-10-26(39-27)18-8-9-25-24(14-18)31-19-6-7-20(12-19)32(31)35(25)22-4-2-1-3-5-22/h1-5,8-11,13-16,19-20,31-32H,6-7,12H2,(H,36,37)/b21-13+. The van der Waals surface area contributed by atoms with Gasteiger partial charge in [0.05, 0.1) is 0 Å². The van der Waals surface area contributed by atoms with Gasteiger partial charge < -0.3 is 10.0 Å². The molecule has 7 heteroatoms. The van der Waals surface area contributed by atoms with Crippen molar-refractivity contribution in [3.05, 3.63) is 88.8 Å². The summed E-state index contributed by atoms with van der Waals surface area (Å²) in [6.45, 7) is 0. The molecule has 0 amide bonds. The number of thiophene rings is 3. The molecule has 0 radical (unpaired) electrons. The summed E-state index contributed by atoms with van der Waals surface area (Å²) >= 11 is 5.07. The minimum atomic E-state index is -1.19. The molecule has 3 aliphatic rings. The lowest BCUT2D eigenvalue weighted by Crippen LogP contribution is -2.35. The summed E-state index contributed by atoms with van der Waals surface area (Å²) in [5, 5.41) is 18.2. The maximum atomic E-state index is 11.2. The van der Waals surface area contributed by atoms with E-state index in [1.54, 1.807) is 17.4 Å². The number of hydrogen-bond acceptors (Lipinski definition) is 6. The van der Waals surface area contributed by atoms with Gasteiger partial charge in [0.15, 0.2) is 0 Å². The van der Waals surface area contributed by atoms with Gasteiger partial charge in [0.2, 0.25) is 0 Å². The molecular weight excluding hydrogens is 553 g/mol. The first-order chi connectivity index (χ1) is 19.6. The monoisotopic (exact) mass is 576 g/mol. The van der Waals surface area contributed by atoms with Crippen molar-refractivity contribution in [1.29, 1.82) is 5.26 Å². The highest BCUT2D eigenvalue weighted by Gasteiger charge is 2.55. The highest BCUT2D eigenvalue weighted by Crippen LogP contribution is 2.62. The zero-order valence-corrected chi connectivity index (χ0v) is 23.9. The molecule has 2 aliphatic carbocycles. The molecular formula is C33H24N2O2S3. The summed E-state index contributed by atoms with van der Waals surface area (Å²) in [5.41, 5.74) is 5.30. The van der Waals surface area contributed by atoms with Crippen molar-refractivity contribution < 1.29 is 9.90 Å². The van der Waals surface area contributed by atoms with Crippen LogP contribution in [-0.4, -0.2) is 17.1 Å². The van der Waals surface area contributed by atoms with Crippen LogP contribution in [-0.2, 0) is 4.79 Å². The molecule has 2 saturated carbocycles. The third-order valence-corrected chi connectivity index (χ3v) is 12.4. The number of rotatable bonds is 5. The van der Waals surface area contributed by atoms with E-state index in [9.17, 15) is 4.79 Å². The third kappa shape index (κ3) is 3.71. The van der Waals surface area contributed by atoms with E-state index < -0.39 is 5.97 Å². The van der Waals surface area contributed by atoms with Gasteiger partial charge in [0, 0.05) is 52.2 Å². The Bertz CT molecular complexity index is 1840. The molecule has 4 unspecified atom stereocenters. The summed E-state index contributed by atoms with van der Waals surface area (Å²) < 4.78 is 2.23. The topological polar surface area (TPSA) is 64.3 Å². The predicted molar refractivity (Wildman–Crippen MR) is 166 cm³/mol. The van der Waals surface area contributed by atoms with Crippen LogP contribution >= 0.6 is 34.0 Å². The largest absolute Gasteiger partial charge is 0.477 e. The second kappa shape index (κ2) is 9.17. The maximum absolute atomic E-state index is 11.2.